The molecule has 2 N–H and O–H groups in total. The molecule has 1 unspecified atom stereocenters. The monoisotopic (exact) mass is 340 g/mol. The van der Waals surface area contributed by atoms with Crippen LogP contribution >= 0.6 is 15.9 Å². The summed E-state index contributed by atoms with van der Waals surface area (Å²) in [6.45, 7) is 2.24. The Balaban J connectivity index is 1.83. The molecule has 1 saturated heterocycles. The molecule has 4 nitrogen and oxygen atoms in total. The highest BCUT2D eigenvalue weighted by molar-refractivity contribution is 9.10. The number of amides is 1. The van der Waals surface area contributed by atoms with Crippen LogP contribution in [0.2, 0.25) is 0 Å². The zero-order valence-electron chi connectivity index (χ0n) is 11.7. The molecule has 0 aromatic heterocycles. The van der Waals surface area contributed by atoms with Gasteiger partial charge in [-0.05, 0) is 37.1 Å². The van der Waals surface area contributed by atoms with Crippen LogP contribution < -0.4 is 10.6 Å². The van der Waals surface area contributed by atoms with E-state index < -0.39 is 0 Å². The second-order valence-corrected chi connectivity index (χ2v) is 6.24. The Morgan fingerprint density at radius 3 is 2.80 bits per heavy atom. The third-order valence-electron chi connectivity index (χ3n) is 3.65. The largest absolute Gasteiger partial charge is 0.383 e. The Kier molecular flexibility index (Phi) is 5.57. The lowest BCUT2D eigenvalue weighted by Crippen LogP contribution is -2.53. The van der Waals surface area contributed by atoms with Gasteiger partial charge in [0.2, 0.25) is 5.91 Å². The zero-order valence-corrected chi connectivity index (χ0v) is 13.3. The molecular weight excluding hydrogens is 320 g/mol. The van der Waals surface area contributed by atoms with E-state index in [9.17, 15) is 4.79 Å². The van der Waals surface area contributed by atoms with E-state index in [4.69, 9.17) is 4.74 Å². The van der Waals surface area contributed by atoms with Gasteiger partial charge in [0.05, 0.1) is 18.6 Å². The Bertz CT molecular complexity index is 442. The van der Waals surface area contributed by atoms with Crippen molar-refractivity contribution in [2.45, 2.75) is 24.8 Å². The molecule has 0 bridgehead atoms. The normalized spacial score (nSPS) is 21.9. The average Bonchev–Trinajstić information content (AvgIpc) is 2.89. The molecule has 1 aliphatic heterocycles. The van der Waals surface area contributed by atoms with Crippen molar-refractivity contribution in [1.82, 2.24) is 10.6 Å². The van der Waals surface area contributed by atoms with Crippen LogP contribution in [-0.2, 0) is 16.0 Å². The van der Waals surface area contributed by atoms with E-state index in [0.29, 0.717) is 19.6 Å². The number of nitrogens with one attached hydrogen (secondary N) is 2. The van der Waals surface area contributed by atoms with Crippen molar-refractivity contribution >= 4 is 21.8 Å². The summed E-state index contributed by atoms with van der Waals surface area (Å²) in [6.07, 6.45) is 2.59. The molecule has 110 valence electrons. The molecule has 0 radical (unpaired) electrons. The zero-order chi connectivity index (χ0) is 14.4. The third kappa shape index (κ3) is 4.30. The first-order chi connectivity index (χ1) is 9.63. The number of carbonyl (C=O) groups is 1. The van der Waals surface area contributed by atoms with Gasteiger partial charge < -0.3 is 15.4 Å². The van der Waals surface area contributed by atoms with Crippen molar-refractivity contribution in [3.63, 3.8) is 0 Å². The summed E-state index contributed by atoms with van der Waals surface area (Å²) in [5.41, 5.74) is 0.926. The highest BCUT2D eigenvalue weighted by atomic mass is 79.9. The van der Waals surface area contributed by atoms with Gasteiger partial charge in [0.25, 0.3) is 0 Å². The Hall–Kier alpha value is -0.910. The first-order valence-corrected chi connectivity index (χ1v) is 7.68. The first-order valence-electron chi connectivity index (χ1n) is 6.89. The van der Waals surface area contributed by atoms with Gasteiger partial charge >= 0.3 is 0 Å². The minimum absolute atomic E-state index is 0.0523. The number of hydrogen-bond acceptors (Lipinski definition) is 3. The smallest absolute Gasteiger partial charge is 0.224 e. The van der Waals surface area contributed by atoms with Crippen LogP contribution in [0.5, 0.6) is 0 Å². The van der Waals surface area contributed by atoms with E-state index in [-0.39, 0.29) is 11.4 Å². The number of methoxy groups -OCH3 is 1. The van der Waals surface area contributed by atoms with Crippen LogP contribution in [0.25, 0.3) is 0 Å². The molecule has 0 aliphatic carbocycles. The van der Waals surface area contributed by atoms with E-state index in [1.165, 1.54) is 0 Å². The molecule has 1 fully saturated rings. The van der Waals surface area contributed by atoms with Gasteiger partial charge in [0, 0.05) is 18.1 Å². The molecule has 20 heavy (non-hydrogen) atoms. The first kappa shape index (κ1) is 15.5. The fourth-order valence-electron chi connectivity index (χ4n) is 2.59. The molecule has 1 aliphatic rings. The van der Waals surface area contributed by atoms with Crippen LogP contribution in [0.15, 0.2) is 28.7 Å². The van der Waals surface area contributed by atoms with Crippen molar-refractivity contribution in [2.75, 3.05) is 26.8 Å². The van der Waals surface area contributed by atoms with E-state index in [1.54, 1.807) is 7.11 Å². The summed E-state index contributed by atoms with van der Waals surface area (Å²) in [4.78, 5) is 12.0. The Labute approximate surface area is 128 Å². The van der Waals surface area contributed by atoms with Crippen LogP contribution in [0, 0.1) is 0 Å². The minimum atomic E-state index is -0.0931. The topological polar surface area (TPSA) is 50.4 Å². The molecule has 1 atom stereocenters. The number of carbonyl (C=O) groups excluding carboxylic acids is 1. The standard InChI is InChI=1S/C15H21BrN2O2/c1-20-11-15(7-2-8-18-15)10-17-14(19)9-12-3-5-13(16)6-4-12/h3-6,18H,2,7-11H2,1H3,(H,17,19). The molecule has 5 heteroatoms. The van der Waals surface area contributed by atoms with Gasteiger partial charge in [-0.15, -0.1) is 0 Å². The van der Waals surface area contributed by atoms with E-state index in [0.717, 1.165) is 29.4 Å². The third-order valence-corrected chi connectivity index (χ3v) is 4.18. The second-order valence-electron chi connectivity index (χ2n) is 5.32. The molecule has 1 aromatic rings. The van der Waals surface area contributed by atoms with E-state index in [1.807, 2.05) is 24.3 Å². The Morgan fingerprint density at radius 1 is 1.45 bits per heavy atom. The maximum atomic E-state index is 12.0. The molecule has 1 amide bonds. The number of ether oxygens (including phenoxy) is 1. The molecule has 1 heterocycles. The lowest BCUT2D eigenvalue weighted by Gasteiger charge is -2.29. The van der Waals surface area contributed by atoms with Crippen molar-refractivity contribution < 1.29 is 9.53 Å². The van der Waals surface area contributed by atoms with Crippen molar-refractivity contribution in [2.24, 2.45) is 0 Å². The van der Waals surface area contributed by atoms with Crippen molar-refractivity contribution in [1.29, 1.82) is 0 Å². The number of benzene rings is 1. The molecule has 0 spiro atoms. The van der Waals surface area contributed by atoms with Gasteiger partial charge in [-0.3, -0.25) is 4.79 Å². The lowest BCUT2D eigenvalue weighted by atomic mass is 9.98. The maximum absolute atomic E-state index is 12.0. The predicted molar refractivity (Wildman–Crippen MR) is 82.7 cm³/mol. The summed E-state index contributed by atoms with van der Waals surface area (Å²) in [5, 5.41) is 6.47. The Morgan fingerprint density at radius 2 is 2.20 bits per heavy atom. The summed E-state index contributed by atoms with van der Waals surface area (Å²) < 4.78 is 6.30. The van der Waals surface area contributed by atoms with Crippen LogP contribution in [0.3, 0.4) is 0 Å². The summed E-state index contributed by atoms with van der Waals surface area (Å²) in [7, 11) is 1.70. The van der Waals surface area contributed by atoms with Gasteiger partial charge in [-0.1, -0.05) is 28.1 Å². The van der Waals surface area contributed by atoms with Crippen LogP contribution in [0.4, 0.5) is 0 Å². The van der Waals surface area contributed by atoms with E-state index in [2.05, 4.69) is 26.6 Å². The van der Waals surface area contributed by atoms with Gasteiger partial charge in [0.1, 0.15) is 0 Å². The fourth-order valence-corrected chi connectivity index (χ4v) is 2.85. The highest BCUT2D eigenvalue weighted by Crippen LogP contribution is 2.19. The molecular formula is C15H21BrN2O2. The second kappa shape index (κ2) is 7.20. The minimum Gasteiger partial charge on any atom is -0.383 e. The van der Waals surface area contributed by atoms with E-state index >= 15 is 0 Å². The quantitative estimate of drug-likeness (QED) is 0.831. The average molecular weight is 341 g/mol. The fraction of sp³-hybridized carbons (Fsp3) is 0.533. The van der Waals surface area contributed by atoms with Crippen molar-refractivity contribution in [3.05, 3.63) is 34.3 Å². The van der Waals surface area contributed by atoms with Crippen LogP contribution in [-0.4, -0.2) is 38.3 Å². The lowest BCUT2D eigenvalue weighted by molar-refractivity contribution is -0.120. The number of rotatable bonds is 6. The van der Waals surface area contributed by atoms with Crippen molar-refractivity contribution in [3.8, 4) is 0 Å². The molecule has 1 aromatic carbocycles. The SMILES string of the molecule is COCC1(CNC(=O)Cc2ccc(Br)cc2)CCCN1. The van der Waals surface area contributed by atoms with Gasteiger partial charge in [-0.2, -0.15) is 0 Å². The summed E-state index contributed by atoms with van der Waals surface area (Å²) in [5.74, 6) is 0.0523. The molecule has 2 rings (SSSR count). The van der Waals surface area contributed by atoms with Gasteiger partial charge in [0.15, 0.2) is 0 Å². The van der Waals surface area contributed by atoms with Crippen LogP contribution in [0.1, 0.15) is 18.4 Å². The number of halogens is 1. The number of hydrogen-bond donors (Lipinski definition) is 2. The van der Waals surface area contributed by atoms with Gasteiger partial charge in [-0.25, -0.2) is 0 Å². The summed E-state index contributed by atoms with van der Waals surface area (Å²) >= 11 is 3.39. The molecule has 0 saturated carbocycles. The maximum Gasteiger partial charge on any atom is 0.224 e. The highest BCUT2D eigenvalue weighted by Gasteiger charge is 2.33. The predicted octanol–water partition coefficient (Wildman–Crippen LogP) is 1.88. The summed E-state index contributed by atoms with van der Waals surface area (Å²) in [6, 6.07) is 7.83.